The molecule has 2 aliphatic heterocycles. The maximum Gasteiger partial charge on any atom is 0.249 e. The zero-order valence-electron chi connectivity index (χ0n) is 11.2. The topological polar surface area (TPSA) is 49.4 Å². The lowest BCUT2D eigenvalue weighted by molar-refractivity contribution is 0.216. The fourth-order valence-corrected chi connectivity index (χ4v) is 5.03. The number of nitrogens with one attached hydrogen (secondary N) is 1. The van der Waals surface area contributed by atoms with E-state index >= 15 is 0 Å². The minimum atomic E-state index is -4.32. The number of fused-ring (bicyclic) bond motifs is 1. The Morgan fingerprint density at radius 1 is 1.14 bits per heavy atom. The molecule has 116 valence electrons. The number of rotatable bonds is 2. The van der Waals surface area contributed by atoms with Crippen LogP contribution in [0.3, 0.4) is 0 Å². The summed E-state index contributed by atoms with van der Waals surface area (Å²) in [5, 5.41) is 3.10. The second kappa shape index (κ2) is 5.26. The molecule has 0 bridgehead atoms. The van der Waals surface area contributed by atoms with Crippen molar-refractivity contribution in [3.63, 3.8) is 0 Å². The van der Waals surface area contributed by atoms with Gasteiger partial charge in [0.1, 0.15) is 17.5 Å². The molecule has 2 fully saturated rings. The molecule has 2 saturated heterocycles. The van der Waals surface area contributed by atoms with E-state index in [0.717, 1.165) is 10.7 Å². The van der Waals surface area contributed by atoms with Gasteiger partial charge in [0.2, 0.25) is 10.0 Å². The Kier molecular flexibility index (Phi) is 3.71. The lowest BCUT2D eigenvalue weighted by Gasteiger charge is -2.35. The Hall–Kier alpha value is -1.12. The molecule has 0 aliphatic carbocycles. The second-order valence-electron chi connectivity index (χ2n) is 5.44. The fraction of sp³-hybridized carbons (Fsp3) is 0.538. The zero-order chi connectivity index (χ0) is 15.2. The van der Waals surface area contributed by atoms with Crippen molar-refractivity contribution < 1.29 is 21.6 Å². The third-order valence-corrected chi connectivity index (χ3v) is 6.13. The first-order valence-electron chi connectivity index (χ1n) is 6.78. The van der Waals surface area contributed by atoms with Crippen molar-refractivity contribution in [2.75, 3.05) is 19.6 Å². The van der Waals surface area contributed by atoms with Crippen LogP contribution in [0.2, 0.25) is 0 Å². The first-order chi connectivity index (χ1) is 9.91. The normalized spacial score (nSPS) is 26.8. The van der Waals surface area contributed by atoms with Gasteiger partial charge in [0.15, 0.2) is 4.90 Å². The third kappa shape index (κ3) is 2.45. The molecule has 0 amide bonds. The summed E-state index contributed by atoms with van der Waals surface area (Å²) in [6.07, 6.45) is 1.53. The van der Waals surface area contributed by atoms with Gasteiger partial charge in [-0.05, 0) is 25.3 Å². The summed E-state index contributed by atoms with van der Waals surface area (Å²) in [6.45, 7) is 1.39. The number of piperidine rings is 1. The van der Waals surface area contributed by atoms with Gasteiger partial charge in [-0.1, -0.05) is 0 Å². The lowest BCUT2D eigenvalue weighted by Crippen LogP contribution is -2.48. The maximum atomic E-state index is 13.8. The molecule has 2 heterocycles. The fourth-order valence-electron chi connectivity index (χ4n) is 3.22. The molecule has 4 nitrogen and oxygen atoms in total. The van der Waals surface area contributed by atoms with Crippen molar-refractivity contribution in [2.45, 2.75) is 23.8 Å². The number of hydrogen-bond acceptors (Lipinski definition) is 3. The van der Waals surface area contributed by atoms with Crippen molar-refractivity contribution >= 4 is 10.0 Å². The van der Waals surface area contributed by atoms with Gasteiger partial charge in [0, 0.05) is 31.3 Å². The number of benzene rings is 1. The Labute approximate surface area is 121 Å². The summed E-state index contributed by atoms with van der Waals surface area (Å²) in [7, 11) is -4.32. The van der Waals surface area contributed by atoms with Crippen LogP contribution in [-0.4, -0.2) is 38.4 Å². The molecule has 0 spiro atoms. The summed E-state index contributed by atoms with van der Waals surface area (Å²) >= 11 is 0. The van der Waals surface area contributed by atoms with Crippen LogP contribution in [0.4, 0.5) is 13.2 Å². The van der Waals surface area contributed by atoms with E-state index in [2.05, 4.69) is 5.32 Å². The van der Waals surface area contributed by atoms with E-state index < -0.39 is 32.4 Å². The molecule has 2 aliphatic rings. The molecule has 8 heteroatoms. The molecular formula is C13H15F3N2O2S. The third-order valence-electron chi connectivity index (χ3n) is 4.16. The predicted octanol–water partition coefficient (Wildman–Crippen LogP) is 1.48. The average Bonchev–Trinajstić information content (AvgIpc) is 2.84. The molecule has 0 aromatic heterocycles. The Morgan fingerprint density at radius 2 is 1.81 bits per heavy atom. The van der Waals surface area contributed by atoms with E-state index in [0.29, 0.717) is 31.6 Å². The average molecular weight is 320 g/mol. The van der Waals surface area contributed by atoms with E-state index in [4.69, 9.17) is 0 Å². The summed E-state index contributed by atoms with van der Waals surface area (Å²) in [6, 6.07) is 0.488. The van der Waals surface area contributed by atoms with Gasteiger partial charge in [0.25, 0.3) is 0 Å². The smallest absolute Gasteiger partial charge is 0.249 e. The minimum Gasteiger partial charge on any atom is -0.315 e. The van der Waals surface area contributed by atoms with Gasteiger partial charge in [-0.25, -0.2) is 21.6 Å². The van der Waals surface area contributed by atoms with Gasteiger partial charge in [0.05, 0.1) is 0 Å². The monoisotopic (exact) mass is 320 g/mol. The van der Waals surface area contributed by atoms with Gasteiger partial charge in [-0.15, -0.1) is 0 Å². The summed E-state index contributed by atoms with van der Waals surface area (Å²) in [4.78, 5) is -1.06. The highest BCUT2D eigenvalue weighted by atomic mass is 32.2. The van der Waals surface area contributed by atoms with E-state index in [1.54, 1.807) is 0 Å². The predicted molar refractivity (Wildman–Crippen MR) is 69.6 cm³/mol. The van der Waals surface area contributed by atoms with Crippen LogP contribution >= 0.6 is 0 Å². The van der Waals surface area contributed by atoms with Crippen LogP contribution in [0.1, 0.15) is 12.8 Å². The highest BCUT2D eigenvalue weighted by molar-refractivity contribution is 7.89. The lowest BCUT2D eigenvalue weighted by atomic mass is 9.94. The minimum absolute atomic E-state index is 0.153. The van der Waals surface area contributed by atoms with Crippen LogP contribution in [0, 0.1) is 23.4 Å². The molecule has 1 aromatic carbocycles. The standard InChI is InChI=1S/C13H15F3N2O2S/c14-9-4-10(15)13(11(16)5-9)21(19,20)18-3-1-2-8-6-17-7-12(8)18/h4-5,8,12,17H,1-3,6-7H2. The summed E-state index contributed by atoms with van der Waals surface area (Å²) in [5.74, 6) is -3.76. The zero-order valence-corrected chi connectivity index (χ0v) is 12.0. The van der Waals surface area contributed by atoms with Crippen molar-refractivity contribution in [1.82, 2.24) is 9.62 Å². The van der Waals surface area contributed by atoms with Crippen molar-refractivity contribution in [1.29, 1.82) is 0 Å². The van der Waals surface area contributed by atoms with Crippen LogP contribution in [0.5, 0.6) is 0 Å². The van der Waals surface area contributed by atoms with Crippen LogP contribution in [0.25, 0.3) is 0 Å². The number of hydrogen-bond donors (Lipinski definition) is 1. The Balaban J connectivity index is 2.04. The molecule has 3 rings (SSSR count). The van der Waals surface area contributed by atoms with Crippen molar-refractivity contribution in [3.05, 3.63) is 29.6 Å². The molecular weight excluding hydrogens is 305 g/mol. The van der Waals surface area contributed by atoms with E-state index in [-0.39, 0.29) is 18.5 Å². The Morgan fingerprint density at radius 3 is 2.48 bits per heavy atom. The van der Waals surface area contributed by atoms with E-state index in [1.807, 2.05) is 0 Å². The first kappa shape index (κ1) is 14.8. The molecule has 2 atom stereocenters. The van der Waals surface area contributed by atoms with Crippen molar-refractivity contribution in [2.24, 2.45) is 5.92 Å². The molecule has 1 aromatic rings. The molecule has 2 unspecified atom stereocenters. The molecule has 21 heavy (non-hydrogen) atoms. The largest absolute Gasteiger partial charge is 0.315 e. The van der Waals surface area contributed by atoms with Gasteiger partial charge < -0.3 is 5.32 Å². The van der Waals surface area contributed by atoms with Gasteiger partial charge >= 0.3 is 0 Å². The molecule has 1 N–H and O–H groups in total. The number of nitrogens with zero attached hydrogens (tertiary/aromatic N) is 1. The number of halogens is 3. The van der Waals surface area contributed by atoms with E-state index in [9.17, 15) is 21.6 Å². The van der Waals surface area contributed by atoms with E-state index in [1.165, 1.54) is 0 Å². The SMILES string of the molecule is O=S(=O)(c1c(F)cc(F)cc1F)N1CCCC2CNCC21. The van der Waals surface area contributed by atoms with Crippen LogP contribution in [-0.2, 0) is 10.0 Å². The maximum absolute atomic E-state index is 13.8. The molecule has 0 saturated carbocycles. The van der Waals surface area contributed by atoms with Gasteiger partial charge in [-0.3, -0.25) is 0 Å². The highest BCUT2D eigenvalue weighted by Crippen LogP contribution is 2.33. The quantitative estimate of drug-likeness (QED) is 0.898. The first-order valence-corrected chi connectivity index (χ1v) is 8.22. The summed E-state index contributed by atoms with van der Waals surface area (Å²) < 4.78 is 66.9. The van der Waals surface area contributed by atoms with Crippen LogP contribution in [0.15, 0.2) is 17.0 Å². The highest BCUT2D eigenvalue weighted by Gasteiger charge is 2.43. The van der Waals surface area contributed by atoms with Crippen molar-refractivity contribution in [3.8, 4) is 0 Å². The Bertz CT molecular complexity index is 642. The second-order valence-corrected chi connectivity index (χ2v) is 7.27. The number of sulfonamides is 1. The summed E-state index contributed by atoms with van der Waals surface area (Å²) in [5.41, 5.74) is 0. The van der Waals surface area contributed by atoms with Crippen LogP contribution < -0.4 is 5.32 Å². The van der Waals surface area contributed by atoms with Gasteiger partial charge in [-0.2, -0.15) is 4.31 Å². The molecule has 0 radical (unpaired) electrons.